The molecule has 7 heavy (non-hydrogen) atoms. The zero-order chi connectivity index (χ0) is 5.70. The molecule has 0 unspecified atom stereocenters. The molecule has 0 amide bonds. The first-order chi connectivity index (χ1) is 3.27. The van der Waals surface area contributed by atoms with Gasteiger partial charge in [-0.2, -0.15) is 0 Å². The Morgan fingerprint density at radius 3 is 2.14 bits per heavy atom. The maximum absolute atomic E-state index is 5.62. The summed E-state index contributed by atoms with van der Waals surface area (Å²) in [7, 11) is 11.2. The van der Waals surface area contributed by atoms with Gasteiger partial charge in [-0.05, 0) is 0 Å². The number of unbranched alkanes of at least 4 members (excludes halogenated alkanes) is 1. The molecule has 0 saturated heterocycles. The van der Waals surface area contributed by atoms with Crippen LogP contribution >= 0.6 is 17.8 Å². The fraction of sp³-hybridized carbons (Fsp3) is 1.00. The minimum absolute atomic E-state index is 1.13. The number of halogens is 2. The number of hydrogen-bond donors (Lipinski definition) is 0. The van der Waals surface area contributed by atoms with E-state index in [1.54, 1.807) is 0 Å². The second kappa shape index (κ2) is 5.51. The van der Waals surface area contributed by atoms with Crippen LogP contribution in [0.3, 0.4) is 0 Å². The van der Waals surface area contributed by atoms with Gasteiger partial charge >= 0.3 is 59.6 Å². The molecule has 3 heteroatoms. The molecule has 0 aliphatic rings. The van der Waals surface area contributed by atoms with E-state index in [4.69, 9.17) is 17.8 Å². The molecule has 0 bridgehead atoms. The Morgan fingerprint density at radius 2 is 2.00 bits per heavy atom. The summed E-state index contributed by atoms with van der Waals surface area (Å²) in [5, 5.41) is 0. The molecule has 0 saturated carbocycles. The predicted octanol–water partition coefficient (Wildman–Crippen LogP) is 2.75. The predicted molar refractivity (Wildman–Crippen MR) is 37.2 cm³/mol. The van der Waals surface area contributed by atoms with Crippen LogP contribution in [0.4, 0.5) is 0 Å². The number of rotatable bonds is 3. The number of hydrogen-bond acceptors (Lipinski definition) is 0. The molecular formula is C4H9Cl2Sn. The monoisotopic (exact) mass is 247 g/mol. The molecule has 0 aromatic carbocycles. The van der Waals surface area contributed by atoms with E-state index in [0.717, 1.165) is 4.44 Å². The Hall–Kier alpha value is 1.38. The summed E-state index contributed by atoms with van der Waals surface area (Å²) in [6.45, 7) is 2.15. The first-order valence-corrected chi connectivity index (χ1v) is 11.7. The molecule has 0 aromatic rings. The molecular weight excluding hydrogens is 238 g/mol. The Kier molecular flexibility index (Phi) is 6.60. The summed E-state index contributed by atoms with van der Waals surface area (Å²) < 4.78 is 1.13. The zero-order valence-corrected chi connectivity index (χ0v) is 8.74. The summed E-state index contributed by atoms with van der Waals surface area (Å²) in [6.07, 6.45) is 2.45. The summed E-state index contributed by atoms with van der Waals surface area (Å²) in [6, 6.07) is 0. The van der Waals surface area contributed by atoms with Crippen LogP contribution in [0.1, 0.15) is 19.8 Å². The van der Waals surface area contributed by atoms with Crippen molar-refractivity contribution in [1.82, 2.24) is 0 Å². The molecule has 0 spiro atoms. The van der Waals surface area contributed by atoms with Gasteiger partial charge in [0.05, 0.1) is 0 Å². The van der Waals surface area contributed by atoms with E-state index >= 15 is 0 Å². The fourth-order valence-corrected chi connectivity index (χ4v) is 3.88. The molecule has 0 aromatic heterocycles. The molecule has 1 radical (unpaired) electrons. The van der Waals surface area contributed by atoms with Gasteiger partial charge in [0.15, 0.2) is 0 Å². The summed E-state index contributed by atoms with van der Waals surface area (Å²) >= 11 is -1.70. The molecule has 0 atom stereocenters. The van der Waals surface area contributed by atoms with Crippen LogP contribution in [-0.4, -0.2) is 17.5 Å². The van der Waals surface area contributed by atoms with Crippen molar-refractivity contribution in [2.75, 3.05) is 0 Å². The zero-order valence-electron chi connectivity index (χ0n) is 4.38. The van der Waals surface area contributed by atoms with Crippen LogP contribution in [0.25, 0.3) is 0 Å². The summed E-state index contributed by atoms with van der Waals surface area (Å²) in [5.74, 6) is 0. The fourth-order valence-electron chi connectivity index (χ4n) is 0.310. The third kappa shape index (κ3) is 7.38. The molecule has 0 rings (SSSR count). The average Bonchev–Trinajstić information content (AvgIpc) is 1.61. The topological polar surface area (TPSA) is 0 Å². The van der Waals surface area contributed by atoms with E-state index in [1.165, 1.54) is 12.8 Å². The Labute approximate surface area is 59.4 Å². The van der Waals surface area contributed by atoms with Crippen LogP contribution in [0.5, 0.6) is 0 Å². The van der Waals surface area contributed by atoms with Crippen LogP contribution in [0, 0.1) is 0 Å². The second-order valence-electron chi connectivity index (χ2n) is 1.44. The van der Waals surface area contributed by atoms with E-state index in [1.807, 2.05) is 0 Å². The van der Waals surface area contributed by atoms with Gasteiger partial charge in [0.1, 0.15) is 0 Å². The van der Waals surface area contributed by atoms with Crippen molar-refractivity contribution in [1.29, 1.82) is 0 Å². The van der Waals surface area contributed by atoms with Crippen molar-refractivity contribution in [2.45, 2.75) is 24.2 Å². The quantitative estimate of drug-likeness (QED) is 0.672. The van der Waals surface area contributed by atoms with Crippen LogP contribution in [0.2, 0.25) is 4.44 Å². The third-order valence-electron chi connectivity index (χ3n) is 0.719. The SMILES string of the molecule is CCC[CH2][Sn]([Cl])[Cl]. The Morgan fingerprint density at radius 1 is 1.43 bits per heavy atom. The van der Waals surface area contributed by atoms with Crippen molar-refractivity contribution in [3.05, 3.63) is 0 Å². The van der Waals surface area contributed by atoms with E-state index in [-0.39, 0.29) is 0 Å². The Balaban J connectivity index is 2.68. The molecule has 0 aliphatic carbocycles. The van der Waals surface area contributed by atoms with E-state index in [2.05, 4.69) is 6.92 Å². The standard InChI is InChI=1S/C4H9.2ClH.Sn/c1-3-4-2;;;/h1,3-4H2,2H3;2*1H;/q;;;+2/p-2. The van der Waals surface area contributed by atoms with Crippen molar-refractivity contribution in [2.24, 2.45) is 0 Å². The molecule has 0 N–H and O–H groups in total. The van der Waals surface area contributed by atoms with E-state index in [0.29, 0.717) is 0 Å². The first kappa shape index (κ1) is 8.38. The van der Waals surface area contributed by atoms with Gasteiger partial charge in [-0.25, -0.2) is 0 Å². The van der Waals surface area contributed by atoms with Gasteiger partial charge in [0.25, 0.3) is 0 Å². The van der Waals surface area contributed by atoms with Crippen LogP contribution in [-0.2, 0) is 0 Å². The average molecular weight is 247 g/mol. The van der Waals surface area contributed by atoms with Crippen molar-refractivity contribution < 1.29 is 0 Å². The van der Waals surface area contributed by atoms with Crippen molar-refractivity contribution in [3.8, 4) is 0 Å². The third-order valence-corrected chi connectivity index (χ3v) is 5.34. The van der Waals surface area contributed by atoms with Gasteiger partial charge in [-0.3, -0.25) is 0 Å². The first-order valence-electron chi connectivity index (χ1n) is 2.44. The van der Waals surface area contributed by atoms with Crippen LogP contribution < -0.4 is 0 Å². The van der Waals surface area contributed by atoms with Gasteiger partial charge in [0, 0.05) is 0 Å². The molecule has 0 aliphatic heterocycles. The van der Waals surface area contributed by atoms with Crippen LogP contribution in [0.15, 0.2) is 0 Å². The molecule has 43 valence electrons. The van der Waals surface area contributed by atoms with E-state index < -0.39 is 17.5 Å². The second-order valence-corrected chi connectivity index (χ2v) is 12.2. The maximum atomic E-state index is 5.62. The van der Waals surface area contributed by atoms with E-state index in [9.17, 15) is 0 Å². The van der Waals surface area contributed by atoms with Gasteiger partial charge in [-0.15, -0.1) is 0 Å². The summed E-state index contributed by atoms with van der Waals surface area (Å²) in [5.41, 5.74) is 0. The van der Waals surface area contributed by atoms with Crippen molar-refractivity contribution >= 4 is 35.3 Å². The van der Waals surface area contributed by atoms with Gasteiger partial charge in [0.2, 0.25) is 0 Å². The van der Waals surface area contributed by atoms with Gasteiger partial charge in [-0.1, -0.05) is 0 Å². The minimum atomic E-state index is -1.70. The molecule has 0 nitrogen and oxygen atoms in total. The molecule has 0 heterocycles. The normalized spacial score (nSPS) is 10.3. The van der Waals surface area contributed by atoms with Crippen molar-refractivity contribution in [3.63, 3.8) is 0 Å². The van der Waals surface area contributed by atoms with Gasteiger partial charge < -0.3 is 0 Å². The molecule has 0 fully saturated rings. The Bertz CT molecular complexity index is 38.7. The summed E-state index contributed by atoms with van der Waals surface area (Å²) in [4.78, 5) is 0.